The lowest BCUT2D eigenvalue weighted by atomic mass is 10.0. The van der Waals surface area contributed by atoms with Crippen molar-refractivity contribution in [3.63, 3.8) is 0 Å². The number of ether oxygens (including phenoxy) is 1. The maximum absolute atomic E-state index is 9.11. The van der Waals surface area contributed by atoms with E-state index in [9.17, 15) is 0 Å². The predicted molar refractivity (Wildman–Crippen MR) is 98.2 cm³/mol. The third kappa shape index (κ3) is 4.48. The molecule has 0 spiro atoms. The summed E-state index contributed by atoms with van der Waals surface area (Å²) in [5.74, 6) is 0.479. The van der Waals surface area contributed by atoms with E-state index in [-0.39, 0.29) is 18.8 Å². The molecule has 2 atom stereocenters. The van der Waals surface area contributed by atoms with Gasteiger partial charge in [0.1, 0.15) is 0 Å². The molecule has 1 aliphatic heterocycles. The summed E-state index contributed by atoms with van der Waals surface area (Å²) in [5.41, 5.74) is 3.51. The Hall–Kier alpha value is -1.69. The zero-order valence-corrected chi connectivity index (χ0v) is 15.4. The Morgan fingerprint density at radius 1 is 1.24 bits per heavy atom. The van der Waals surface area contributed by atoms with E-state index < -0.39 is 0 Å². The molecule has 136 valence electrons. The van der Waals surface area contributed by atoms with Crippen molar-refractivity contribution in [2.75, 3.05) is 19.7 Å². The molecule has 0 aliphatic carbocycles. The van der Waals surface area contributed by atoms with Gasteiger partial charge in [-0.15, -0.1) is 0 Å². The molecule has 1 fully saturated rings. The number of hydrogen-bond donors (Lipinski definition) is 1. The van der Waals surface area contributed by atoms with Gasteiger partial charge in [-0.2, -0.15) is 5.10 Å². The number of morpholine rings is 1. The van der Waals surface area contributed by atoms with Crippen LogP contribution in [0.15, 0.2) is 36.5 Å². The van der Waals surface area contributed by atoms with Crippen molar-refractivity contribution < 1.29 is 9.84 Å². The molecular formula is C20H29N3O2. The van der Waals surface area contributed by atoms with Crippen molar-refractivity contribution in [3.05, 3.63) is 53.3 Å². The molecule has 5 heteroatoms. The maximum Gasteiger partial charge on any atom is 0.0956 e. The number of rotatable bonds is 6. The zero-order valence-electron chi connectivity index (χ0n) is 15.4. The van der Waals surface area contributed by atoms with Gasteiger partial charge in [0.2, 0.25) is 0 Å². The Kier molecular flexibility index (Phi) is 5.89. The Labute approximate surface area is 150 Å². The van der Waals surface area contributed by atoms with Crippen LogP contribution in [0.2, 0.25) is 0 Å². The molecule has 25 heavy (non-hydrogen) atoms. The van der Waals surface area contributed by atoms with E-state index >= 15 is 0 Å². The van der Waals surface area contributed by atoms with Gasteiger partial charge in [-0.3, -0.25) is 9.58 Å². The molecule has 1 N–H and O–H groups in total. The van der Waals surface area contributed by atoms with Crippen LogP contribution < -0.4 is 0 Å². The molecule has 2 heterocycles. The average molecular weight is 343 g/mol. The quantitative estimate of drug-likeness (QED) is 0.876. The van der Waals surface area contributed by atoms with Gasteiger partial charge in [0, 0.05) is 31.4 Å². The Morgan fingerprint density at radius 2 is 2.00 bits per heavy atom. The van der Waals surface area contributed by atoms with Crippen LogP contribution in [-0.2, 0) is 17.8 Å². The Morgan fingerprint density at radius 3 is 2.68 bits per heavy atom. The summed E-state index contributed by atoms with van der Waals surface area (Å²) >= 11 is 0. The zero-order chi connectivity index (χ0) is 17.8. The van der Waals surface area contributed by atoms with Gasteiger partial charge >= 0.3 is 0 Å². The molecule has 2 aromatic rings. The Balaban J connectivity index is 1.75. The maximum atomic E-state index is 9.11. The van der Waals surface area contributed by atoms with Gasteiger partial charge in [0.15, 0.2) is 0 Å². The van der Waals surface area contributed by atoms with Crippen molar-refractivity contribution in [1.29, 1.82) is 0 Å². The topological polar surface area (TPSA) is 50.5 Å². The molecule has 1 aromatic heterocycles. The van der Waals surface area contributed by atoms with Crippen LogP contribution in [0.3, 0.4) is 0 Å². The molecule has 1 aromatic carbocycles. The lowest BCUT2D eigenvalue weighted by Gasteiger charge is -2.40. The van der Waals surface area contributed by atoms with Crippen LogP contribution in [0.1, 0.15) is 36.8 Å². The monoisotopic (exact) mass is 343 g/mol. The second kappa shape index (κ2) is 8.13. The van der Waals surface area contributed by atoms with E-state index in [0.29, 0.717) is 12.5 Å². The number of aliphatic hydroxyl groups is 1. The van der Waals surface area contributed by atoms with Gasteiger partial charge in [-0.25, -0.2) is 0 Å². The van der Waals surface area contributed by atoms with Crippen LogP contribution in [0, 0.1) is 12.8 Å². The van der Waals surface area contributed by atoms with E-state index in [4.69, 9.17) is 9.84 Å². The summed E-state index contributed by atoms with van der Waals surface area (Å²) < 4.78 is 8.21. The third-order valence-corrected chi connectivity index (χ3v) is 4.89. The standard InChI is InChI=1S/C20H29N3O2/c1-15(2)19-13-22(11-18-12-23(9-10-24)21-16(18)3)14-20(25-19)17-7-5-4-6-8-17/h4-8,12,15,19-20,24H,9-11,13-14H2,1-3H3/t19-,20+/m1/s1. The highest BCUT2D eigenvalue weighted by atomic mass is 16.5. The van der Waals surface area contributed by atoms with Crippen LogP contribution in [0.4, 0.5) is 0 Å². The molecule has 3 rings (SSSR count). The second-order valence-corrected chi connectivity index (χ2v) is 7.24. The minimum absolute atomic E-state index is 0.107. The highest BCUT2D eigenvalue weighted by Crippen LogP contribution is 2.29. The molecule has 0 radical (unpaired) electrons. The highest BCUT2D eigenvalue weighted by Gasteiger charge is 2.30. The van der Waals surface area contributed by atoms with Crippen molar-refractivity contribution in [1.82, 2.24) is 14.7 Å². The highest BCUT2D eigenvalue weighted by molar-refractivity contribution is 5.19. The lowest BCUT2D eigenvalue weighted by molar-refractivity contribution is -0.107. The summed E-state index contributed by atoms with van der Waals surface area (Å²) in [6, 6.07) is 10.5. The van der Waals surface area contributed by atoms with Crippen LogP contribution in [0.5, 0.6) is 0 Å². The molecule has 5 nitrogen and oxygen atoms in total. The number of nitrogens with zero attached hydrogens (tertiary/aromatic N) is 3. The normalized spacial score (nSPS) is 21.8. The number of benzene rings is 1. The first kappa shape index (κ1) is 18.1. The SMILES string of the molecule is Cc1nn(CCO)cc1CN1C[C@@H](c2ccccc2)O[C@@H](C(C)C)C1. The fourth-order valence-electron chi connectivity index (χ4n) is 3.38. The fraction of sp³-hybridized carbons (Fsp3) is 0.550. The summed E-state index contributed by atoms with van der Waals surface area (Å²) in [6.45, 7) is 9.84. The first-order chi connectivity index (χ1) is 12.1. The first-order valence-electron chi connectivity index (χ1n) is 9.13. The van der Waals surface area contributed by atoms with E-state index in [2.05, 4.69) is 54.3 Å². The van der Waals surface area contributed by atoms with Crippen molar-refractivity contribution >= 4 is 0 Å². The van der Waals surface area contributed by atoms with E-state index in [1.54, 1.807) is 0 Å². The smallest absolute Gasteiger partial charge is 0.0956 e. The first-order valence-corrected chi connectivity index (χ1v) is 9.13. The van der Waals surface area contributed by atoms with E-state index in [1.807, 2.05) is 17.7 Å². The molecular weight excluding hydrogens is 314 g/mol. The van der Waals surface area contributed by atoms with Crippen LogP contribution in [-0.4, -0.2) is 45.6 Å². The van der Waals surface area contributed by atoms with Crippen molar-refractivity contribution in [2.24, 2.45) is 5.92 Å². The number of aromatic nitrogens is 2. The van der Waals surface area contributed by atoms with Crippen LogP contribution in [0.25, 0.3) is 0 Å². The lowest BCUT2D eigenvalue weighted by Crippen LogP contribution is -2.45. The third-order valence-electron chi connectivity index (χ3n) is 4.89. The Bertz CT molecular complexity index is 669. The molecule has 0 unspecified atom stereocenters. The summed E-state index contributed by atoms with van der Waals surface area (Å²) in [5, 5.41) is 13.6. The van der Waals surface area contributed by atoms with Gasteiger partial charge in [0.05, 0.1) is 31.1 Å². The fourth-order valence-corrected chi connectivity index (χ4v) is 3.38. The number of aryl methyl sites for hydroxylation is 1. The largest absolute Gasteiger partial charge is 0.394 e. The molecule has 1 aliphatic rings. The van der Waals surface area contributed by atoms with E-state index in [1.165, 1.54) is 11.1 Å². The summed E-state index contributed by atoms with van der Waals surface area (Å²) in [4.78, 5) is 2.47. The summed E-state index contributed by atoms with van der Waals surface area (Å²) in [6.07, 6.45) is 2.39. The van der Waals surface area contributed by atoms with Crippen molar-refractivity contribution in [2.45, 2.75) is 46.1 Å². The van der Waals surface area contributed by atoms with Gasteiger partial charge < -0.3 is 9.84 Å². The molecule has 0 bridgehead atoms. The number of hydrogen-bond acceptors (Lipinski definition) is 4. The van der Waals surface area contributed by atoms with Gasteiger partial charge in [-0.1, -0.05) is 44.2 Å². The minimum Gasteiger partial charge on any atom is -0.394 e. The van der Waals surface area contributed by atoms with Crippen molar-refractivity contribution in [3.8, 4) is 0 Å². The number of aliphatic hydroxyl groups excluding tert-OH is 1. The summed E-state index contributed by atoms with van der Waals surface area (Å²) in [7, 11) is 0. The predicted octanol–water partition coefficient (Wildman–Crippen LogP) is 2.78. The molecule has 0 amide bonds. The van der Waals surface area contributed by atoms with Gasteiger partial charge in [0.25, 0.3) is 0 Å². The molecule has 0 saturated carbocycles. The molecule has 1 saturated heterocycles. The second-order valence-electron chi connectivity index (χ2n) is 7.24. The van der Waals surface area contributed by atoms with Crippen LogP contribution >= 0.6 is 0 Å². The van der Waals surface area contributed by atoms with E-state index in [0.717, 1.165) is 25.3 Å². The van der Waals surface area contributed by atoms with Gasteiger partial charge in [-0.05, 0) is 18.4 Å². The minimum atomic E-state index is 0.107. The average Bonchev–Trinajstić information content (AvgIpc) is 2.95.